The van der Waals surface area contributed by atoms with Gasteiger partial charge >= 0.3 is 6.03 Å². The van der Waals surface area contributed by atoms with Crippen LogP contribution < -0.4 is 10.6 Å². The maximum Gasteiger partial charge on any atom is 0.323 e. The van der Waals surface area contributed by atoms with Crippen molar-refractivity contribution < 1.29 is 23.2 Å². The minimum Gasteiger partial charge on any atom is -0.349 e. The molecule has 2 aliphatic rings. The topological polar surface area (TPSA) is 78.5 Å². The molecule has 1 heterocycles. The van der Waals surface area contributed by atoms with Crippen LogP contribution in [0.3, 0.4) is 0 Å². The summed E-state index contributed by atoms with van der Waals surface area (Å²) >= 11 is 5.89. The Balaban J connectivity index is 1.82. The second-order valence-electron chi connectivity index (χ2n) is 8.00. The monoisotopic (exact) mass is 441 g/mol. The van der Waals surface area contributed by atoms with Crippen molar-refractivity contribution >= 4 is 29.4 Å². The standard InChI is InChI=1S/C21H26ClF2N3O3/c1-27-16(28)9-6-13(10-11-25-21(27)30)20(29)26-19(12-4-2-3-5-12)17-15(23)8-7-14(22)18(17)24/h7-8,12-13,19H,2-6,9-11H2,1H3,(H,25,30)(H,26,29). The molecule has 9 heteroatoms. The van der Waals surface area contributed by atoms with Crippen LogP contribution >= 0.6 is 11.6 Å². The number of hydrogen-bond acceptors (Lipinski definition) is 3. The van der Waals surface area contributed by atoms with Crippen LogP contribution in [0.4, 0.5) is 13.6 Å². The molecule has 1 aliphatic carbocycles. The Labute approximate surface area is 179 Å². The number of hydrogen-bond donors (Lipinski definition) is 2. The molecule has 0 bridgehead atoms. The SMILES string of the molecule is CN1C(=O)CCC(C(=O)NC(c2c(F)ccc(Cl)c2F)C2CCCC2)CCNC1=O. The van der Waals surface area contributed by atoms with E-state index in [4.69, 9.17) is 11.6 Å². The van der Waals surface area contributed by atoms with Gasteiger partial charge in [0.1, 0.15) is 11.6 Å². The van der Waals surface area contributed by atoms with Gasteiger partial charge in [0.05, 0.1) is 11.1 Å². The summed E-state index contributed by atoms with van der Waals surface area (Å²) in [6, 6.07) is 0.929. The maximum atomic E-state index is 14.7. The molecule has 1 aromatic rings. The Morgan fingerprint density at radius 1 is 1.20 bits per heavy atom. The van der Waals surface area contributed by atoms with Crippen LogP contribution in [0.2, 0.25) is 5.02 Å². The summed E-state index contributed by atoms with van der Waals surface area (Å²) in [5.41, 5.74) is -0.213. The number of urea groups is 1. The second-order valence-corrected chi connectivity index (χ2v) is 8.40. The van der Waals surface area contributed by atoms with E-state index < -0.39 is 29.6 Å². The molecule has 164 valence electrons. The Bertz CT molecular complexity index is 830. The number of nitrogens with zero attached hydrogens (tertiary/aromatic N) is 1. The summed E-state index contributed by atoms with van der Waals surface area (Å²) in [6.45, 7) is 0.225. The molecule has 0 spiro atoms. The van der Waals surface area contributed by atoms with E-state index in [2.05, 4.69) is 10.6 Å². The zero-order valence-electron chi connectivity index (χ0n) is 16.8. The highest BCUT2D eigenvalue weighted by Crippen LogP contribution is 2.39. The highest BCUT2D eigenvalue weighted by Gasteiger charge is 2.34. The van der Waals surface area contributed by atoms with Crippen LogP contribution in [0.5, 0.6) is 0 Å². The molecule has 6 nitrogen and oxygen atoms in total. The molecule has 2 atom stereocenters. The normalized spacial score (nSPS) is 22.1. The molecule has 0 aromatic heterocycles. The molecule has 2 unspecified atom stereocenters. The highest BCUT2D eigenvalue weighted by molar-refractivity contribution is 6.30. The van der Waals surface area contributed by atoms with Gasteiger partial charge in [-0.25, -0.2) is 13.6 Å². The van der Waals surface area contributed by atoms with Crippen molar-refractivity contribution in [3.8, 4) is 0 Å². The van der Waals surface area contributed by atoms with Gasteiger partial charge in [-0.2, -0.15) is 0 Å². The lowest BCUT2D eigenvalue weighted by atomic mass is 9.89. The Hall–Kier alpha value is -2.22. The Morgan fingerprint density at radius 3 is 2.60 bits per heavy atom. The predicted octanol–water partition coefficient (Wildman–Crippen LogP) is 3.93. The lowest BCUT2D eigenvalue weighted by molar-refractivity contribution is -0.128. The van der Waals surface area contributed by atoms with Crippen molar-refractivity contribution in [2.24, 2.45) is 11.8 Å². The highest BCUT2D eigenvalue weighted by atomic mass is 35.5. The van der Waals surface area contributed by atoms with Crippen molar-refractivity contribution in [3.05, 3.63) is 34.4 Å². The van der Waals surface area contributed by atoms with Crippen LogP contribution in [0.25, 0.3) is 0 Å². The van der Waals surface area contributed by atoms with Gasteiger partial charge in [-0.05, 0) is 43.7 Å². The molecule has 3 rings (SSSR count). The molecule has 2 fully saturated rings. The van der Waals surface area contributed by atoms with Gasteiger partial charge in [-0.15, -0.1) is 0 Å². The van der Waals surface area contributed by atoms with E-state index in [1.165, 1.54) is 7.05 Å². The summed E-state index contributed by atoms with van der Waals surface area (Å²) in [4.78, 5) is 38.0. The van der Waals surface area contributed by atoms with E-state index in [1.807, 2.05) is 0 Å². The van der Waals surface area contributed by atoms with E-state index in [9.17, 15) is 23.2 Å². The molecule has 1 aliphatic heterocycles. The zero-order chi connectivity index (χ0) is 21.8. The fourth-order valence-electron chi connectivity index (χ4n) is 4.27. The summed E-state index contributed by atoms with van der Waals surface area (Å²) in [5, 5.41) is 5.26. The van der Waals surface area contributed by atoms with Crippen LogP contribution in [0, 0.1) is 23.5 Å². The first-order chi connectivity index (χ1) is 14.3. The summed E-state index contributed by atoms with van der Waals surface area (Å²) in [5.74, 6) is -3.01. The molecular weight excluding hydrogens is 416 g/mol. The number of carbonyl (C=O) groups excluding carboxylic acids is 3. The van der Waals surface area contributed by atoms with Crippen LogP contribution in [0.1, 0.15) is 56.6 Å². The number of halogens is 3. The van der Waals surface area contributed by atoms with Gasteiger partial charge in [0.25, 0.3) is 0 Å². The fraction of sp³-hybridized carbons (Fsp3) is 0.571. The summed E-state index contributed by atoms with van der Waals surface area (Å²) < 4.78 is 29.3. The zero-order valence-corrected chi connectivity index (χ0v) is 17.6. The lowest BCUT2D eigenvalue weighted by Gasteiger charge is -2.28. The van der Waals surface area contributed by atoms with E-state index >= 15 is 0 Å². The smallest absolute Gasteiger partial charge is 0.323 e. The van der Waals surface area contributed by atoms with Gasteiger partial charge in [0.2, 0.25) is 11.8 Å². The fourth-order valence-corrected chi connectivity index (χ4v) is 4.44. The van der Waals surface area contributed by atoms with Crippen molar-refractivity contribution in [2.75, 3.05) is 13.6 Å². The number of rotatable bonds is 4. The molecule has 1 saturated heterocycles. The first kappa shape index (κ1) is 22.5. The quantitative estimate of drug-likeness (QED) is 0.695. The summed E-state index contributed by atoms with van der Waals surface area (Å²) in [7, 11) is 1.39. The number of benzene rings is 1. The molecule has 1 saturated carbocycles. The second kappa shape index (κ2) is 9.73. The predicted molar refractivity (Wildman–Crippen MR) is 108 cm³/mol. The van der Waals surface area contributed by atoms with Crippen molar-refractivity contribution in [3.63, 3.8) is 0 Å². The van der Waals surface area contributed by atoms with Gasteiger partial charge in [0.15, 0.2) is 0 Å². The molecule has 30 heavy (non-hydrogen) atoms. The van der Waals surface area contributed by atoms with Gasteiger partial charge in [0, 0.05) is 31.5 Å². The first-order valence-corrected chi connectivity index (χ1v) is 10.7. The number of imide groups is 1. The van der Waals surface area contributed by atoms with Gasteiger partial charge in [-0.1, -0.05) is 24.4 Å². The van der Waals surface area contributed by atoms with Crippen molar-refractivity contribution in [1.29, 1.82) is 0 Å². The van der Waals surface area contributed by atoms with Crippen molar-refractivity contribution in [1.82, 2.24) is 15.5 Å². The van der Waals surface area contributed by atoms with Crippen LogP contribution in [0.15, 0.2) is 12.1 Å². The third-order valence-corrected chi connectivity index (χ3v) is 6.38. The average molecular weight is 442 g/mol. The number of carbonyl (C=O) groups is 3. The minimum absolute atomic E-state index is 0.0377. The molecular formula is C21H26ClF2N3O3. The third-order valence-electron chi connectivity index (χ3n) is 6.08. The maximum absolute atomic E-state index is 14.7. The van der Waals surface area contributed by atoms with E-state index in [-0.39, 0.29) is 47.7 Å². The van der Waals surface area contributed by atoms with Gasteiger partial charge < -0.3 is 10.6 Å². The first-order valence-electron chi connectivity index (χ1n) is 10.3. The molecule has 2 N–H and O–H groups in total. The molecule has 1 aromatic carbocycles. The Morgan fingerprint density at radius 2 is 1.90 bits per heavy atom. The summed E-state index contributed by atoms with van der Waals surface area (Å²) in [6.07, 6.45) is 3.98. The van der Waals surface area contributed by atoms with E-state index in [0.29, 0.717) is 6.42 Å². The molecule has 4 amide bonds. The minimum atomic E-state index is -0.854. The lowest BCUT2D eigenvalue weighted by Crippen LogP contribution is -2.40. The van der Waals surface area contributed by atoms with Crippen molar-refractivity contribution in [2.45, 2.75) is 51.0 Å². The van der Waals surface area contributed by atoms with Gasteiger partial charge in [-0.3, -0.25) is 14.5 Å². The van der Waals surface area contributed by atoms with E-state index in [1.54, 1.807) is 0 Å². The third kappa shape index (κ3) is 4.91. The number of amides is 4. The molecule has 0 radical (unpaired) electrons. The largest absolute Gasteiger partial charge is 0.349 e. The average Bonchev–Trinajstić information content (AvgIpc) is 3.26. The number of nitrogens with one attached hydrogen (secondary N) is 2. The van der Waals surface area contributed by atoms with Crippen LogP contribution in [-0.2, 0) is 9.59 Å². The van der Waals surface area contributed by atoms with E-state index in [0.717, 1.165) is 42.7 Å². The van der Waals surface area contributed by atoms with Crippen LogP contribution in [-0.4, -0.2) is 36.3 Å². The Kier molecular flexibility index (Phi) is 7.28.